The molecule has 4 nitrogen and oxygen atoms in total. The number of nitriles is 1. The molecule has 0 saturated heterocycles. The molecule has 3 unspecified atom stereocenters. The molecule has 2 fully saturated rings. The van der Waals surface area contributed by atoms with Crippen LogP contribution < -0.4 is 4.90 Å². The fourth-order valence-corrected chi connectivity index (χ4v) is 9.90. The van der Waals surface area contributed by atoms with Crippen LogP contribution in [0, 0.1) is 23.2 Å². The van der Waals surface area contributed by atoms with Gasteiger partial charge in [-0.15, -0.1) is 22.7 Å². The minimum absolute atomic E-state index is 0.266. The Hall–Kier alpha value is -4.18. The number of hydrogen-bond acceptors (Lipinski definition) is 5. The van der Waals surface area contributed by atoms with E-state index in [1.54, 1.807) is 17.4 Å². The molecule has 1 aliphatic heterocycles. The van der Waals surface area contributed by atoms with E-state index < -0.39 is 5.97 Å². The molecule has 6 heteroatoms. The van der Waals surface area contributed by atoms with Crippen molar-refractivity contribution in [2.75, 3.05) is 4.90 Å². The minimum Gasteiger partial charge on any atom is -0.477 e. The van der Waals surface area contributed by atoms with E-state index in [1.807, 2.05) is 35.6 Å². The van der Waals surface area contributed by atoms with Gasteiger partial charge in [-0.05, 0) is 95.8 Å². The van der Waals surface area contributed by atoms with E-state index >= 15 is 0 Å². The number of fused-ring (bicyclic) bond motifs is 8. The molecule has 0 amide bonds. The summed E-state index contributed by atoms with van der Waals surface area (Å²) in [6, 6.07) is 32.7. The molecular weight excluding hydrogens is 545 g/mol. The second-order valence-electron chi connectivity index (χ2n) is 11.4. The minimum atomic E-state index is -1.21. The third kappa shape index (κ3) is 3.95. The van der Waals surface area contributed by atoms with Gasteiger partial charge in [-0.3, -0.25) is 0 Å². The smallest absolute Gasteiger partial charge is 0.346 e. The molecule has 2 aromatic heterocycles. The van der Waals surface area contributed by atoms with Crippen molar-refractivity contribution in [1.29, 1.82) is 5.26 Å². The molecule has 4 atom stereocenters. The van der Waals surface area contributed by atoms with Crippen LogP contribution in [0.3, 0.4) is 0 Å². The molecule has 0 radical (unpaired) electrons. The Kier molecular flexibility index (Phi) is 5.67. The molecule has 2 saturated carbocycles. The Bertz CT molecular complexity index is 1860. The number of rotatable bonds is 5. The van der Waals surface area contributed by atoms with E-state index in [0.717, 1.165) is 17.4 Å². The van der Waals surface area contributed by atoms with Gasteiger partial charge in [0, 0.05) is 42.5 Å². The Labute approximate surface area is 246 Å². The number of thiophene rings is 2. The predicted molar refractivity (Wildman–Crippen MR) is 168 cm³/mol. The summed E-state index contributed by atoms with van der Waals surface area (Å²) in [4.78, 5) is 16.3. The van der Waals surface area contributed by atoms with Crippen LogP contribution in [-0.2, 0) is 4.79 Å². The molecule has 3 heterocycles. The third-order valence-electron chi connectivity index (χ3n) is 9.20. The Morgan fingerprint density at radius 3 is 2.27 bits per heavy atom. The molecule has 0 spiro atoms. The Morgan fingerprint density at radius 1 is 0.878 bits per heavy atom. The molecule has 2 bridgehead atoms. The summed E-state index contributed by atoms with van der Waals surface area (Å²) < 4.78 is 2.57. The maximum absolute atomic E-state index is 11.1. The maximum atomic E-state index is 11.1. The van der Waals surface area contributed by atoms with Crippen molar-refractivity contribution >= 4 is 55.5 Å². The van der Waals surface area contributed by atoms with Crippen molar-refractivity contribution in [3.8, 4) is 27.0 Å². The van der Waals surface area contributed by atoms with Gasteiger partial charge in [0.1, 0.15) is 11.6 Å². The van der Waals surface area contributed by atoms with Crippen LogP contribution in [0.4, 0.5) is 11.4 Å². The average Bonchev–Trinajstić information content (AvgIpc) is 3.81. The fourth-order valence-electron chi connectivity index (χ4n) is 7.50. The second-order valence-corrected chi connectivity index (χ2v) is 13.5. The summed E-state index contributed by atoms with van der Waals surface area (Å²) in [6.45, 7) is 0. The summed E-state index contributed by atoms with van der Waals surface area (Å²) in [5.41, 5.74) is 7.10. The van der Waals surface area contributed by atoms with Gasteiger partial charge in [0.2, 0.25) is 0 Å². The molecule has 3 aromatic carbocycles. The lowest BCUT2D eigenvalue weighted by atomic mass is 9.82. The largest absolute Gasteiger partial charge is 0.477 e. The number of para-hydroxylation sites is 1. The predicted octanol–water partition coefficient (Wildman–Crippen LogP) is 9.32. The highest BCUT2D eigenvalue weighted by Crippen LogP contribution is 2.62. The fraction of sp³-hybridized carbons (Fsp3) is 0.200. The number of hydrogen-bond donors (Lipinski definition) is 1. The van der Waals surface area contributed by atoms with Crippen LogP contribution in [0.25, 0.3) is 36.4 Å². The number of carboxylic acids is 1. The number of benzene rings is 3. The van der Waals surface area contributed by atoms with E-state index in [4.69, 9.17) is 10.4 Å². The van der Waals surface area contributed by atoms with Crippen LogP contribution in [0.5, 0.6) is 0 Å². The molecule has 5 aromatic rings. The molecule has 1 N–H and O–H groups in total. The maximum Gasteiger partial charge on any atom is 0.346 e. The summed E-state index contributed by atoms with van der Waals surface area (Å²) in [5, 5.41) is 18.1. The zero-order valence-electron chi connectivity index (χ0n) is 22.2. The van der Waals surface area contributed by atoms with Gasteiger partial charge in [-0.1, -0.05) is 48.5 Å². The van der Waals surface area contributed by atoms with E-state index in [-0.39, 0.29) is 5.57 Å². The monoisotopic (exact) mass is 570 g/mol. The van der Waals surface area contributed by atoms with Crippen molar-refractivity contribution < 1.29 is 9.90 Å². The highest BCUT2D eigenvalue weighted by Gasteiger charge is 2.55. The van der Waals surface area contributed by atoms with E-state index in [0.29, 0.717) is 17.5 Å². The lowest BCUT2D eigenvalue weighted by Gasteiger charge is -2.33. The van der Waals surface area contributed by atoms with Crippen molar-refractivity contribution in [2.45, 2.75) is 31.2 Å². The number of carbonyl (C=O) groups is 1. The van der Waals surface area contributed by atoms with Gasteiger partial charge in [0.25, 0.3) is 0 Å². The Balaban J connectivity index is 1.11. The van der Waals surface area contributed by atoms with Crippen LogP contribution in [0.1, 0.15) is 36.3 Å². The molecule has 41 heavy (non-hydrogen) atoms. The SMILES string of the molecule is N#C/C(=C\c1ccc(-c2cc3sc(-c4ccc5c(c4)C4C(C6CC[C@H]4C6)N5c4ccccc4)cc3s2)cc1)C(=O)O. The van der Waals surface area contributed by atoms with Gasteiger partial charge in [0.05, 0.1) is 0 Å². The normalized spacial score (nSPS) is 22.6. The van der Waals surface area contributed by atoms with Crippen LogP contribution in [-0.4, -0.2) is 17.1 Å². The van der Waals surface area contributed by atoms with E-state index in [2.05, 4.69) is 65.6 Å². The van der Waals surface area contributed by atoms with Gasteiger partial charge in [0.15, 0.2) is 0 Å². The summed E-state index contributed by atoms with van der Waals surface area (Å²) in [5.74, 6) is 1.02. The Morgan fingerprint density at radius 2 is 1.56 bits per heavy atom. The number of carboxylic acid groups (broad SMARTS) is 1. The van der Waals surface area contributed by atoms with Gasteiger partial charge >= 0.3 is 5.97 Å². The lowest BCUT2D eigenvalue weighted by Crippen LogP contribution is -2.35. The van der Waals surface area contributed by atoms with Gasteiger partial charge in [-0.2, -0.15) is 5.26 Å². The van der Waals surface area contributed by atoms with Gasteiger partial charge < -0.3 is 10.0 Å². The topological polar surface area (TPSA) is 64.3 Å². The molecule has 2 aliphatic carbocycles. The van der Waals surface area contributed by atoms with Crippen molar-refractivity contribution in [1.82, 2.24) is 0 Å². The number of nitrogens with zero attached hydrogens (tertiary/aromatic N) is 2. The molecular formula is C35H26N2O2S2. The molecule has 3 aliphatic rings. The first-order valence-corrected chi connectivity index (χ1v) is 15.7. The zero-order valence-corrected chi connectivity index (χ0v) is 23.8. The average molecular weight is 571 g/mol. The van der Waals surface area contributed by atoms with Crippen LogP contribution >= 0.6 is 22.7 Å². The summed E-state index contributed by atoms with van der Waals surface area (Å²) in [6.07, 6.45) is 5.50. The number of aliphatic carboxylic acids is 1. The summed E-state index contributed by atoms with van der Waals surface area (Å²) in [7, 11) is 0. The zero-order chi connectivity index (χ0) is 27.7. The van der Waals surface area contributed by atoms with Crippen molar-refractivity contribution in [3.63, 3.8) is 0 Å². The second kappa shape index (κ2) is 9.44. The lowest BCUT2D eigenvalue weighted by molar-refractivity contribution is -0.132. The van der Waals surface area contributed by atoms with Crippen LogP contribution in [0.2, 0.25) is 0 Å². The van der Waals surface area contributed by atoms with E-state index in [9.17, 15) is 4.79 Å². The van der Waals surface area contributed by atoms with Crippen molar-refractivity contribution in [2.24, 2.45) is 11.8 Å². The van der Waals surface area contributed by atoms with E-state index in [1.165, 1.54) is 67.0 Å². The first-order chi connectivity index (χ1) is 20.1. The summed E-state index contributed by atoms with van der Waals surface area (Å²) >= 11 is 3.64. The highest BCUT2D eigenvalue weighted by molar-refractivity contribution is 7.31. The van der Waals surface area contributed by atoms with Gasteiger partial charge in [-0.25, -0.2) is 4.79 Å². The standard InChI is InChI=1S/C35H26N2O2S2/c36-19-25(35(38)39)14-20-6-8-21(9-7-20)29-17-31-32(40-29)18-30(41-31)22-12-13-28-27(16-22)33-23-10-11-24(15-23)34(33)37(28)26-4-2-1-3-5-26/h1-9,12-14,16-18,23-24,33-34H,10-11,15H2,(H,38,39)/b25-14+/t23-,24?,33?,34?/m0/s1. The highest BCUT2D eigenvalue weighted by atomic mass is 32.1. The van der Waals surface area contributed by atoms with Crippen LogP contribution in [0.15, 0.2) is 90.5 Å². The first kappa shape index (κ1) is 24.6. The third-order valence-corrected chi connectivity index (χ3v) is 11.6. The first-order valence-electron chi connectivity index (χ1n) is 14.0. The molecule has 200 valence electrons. The quantitative estimate of drug-likeness (QED) is 0.169. The number of anilines is 2. The molecule has 8 rings (SSSR count). The van der Waals surface area contributed by atoms with Crippen molar-refractivity contribution in [3.05, 3.63) is 102 Å².